The molecule has 0 aromatic carbocycles. The topological polar surface area (TPSA) is 17.1 Å². The van der Waals surface area contributed by atoms with Crippen LogP contribution in [0.3, 0.4) is 0 Å². The van der Waals surface area contributed by atoms with Gasteiger partial charge in [-0.15, -0.1) is 0 Å². The molecule has 0 heterocycles. The second-order valence-corrected chi connectivity index (χ2v) is 6.83. The minimum absolute atomic E-state index is 0.517. The highest BCUT2D eigenvalue weighted by atomic mass is 16.1. The second-order valence-electron chi connectivity index (χ2n) is 6.83. The van der Waals surface area contributed by atoms with E-state index in [1.807, 2.05) is 0 Å². The van der Waals surface area contributed by atoms with Crippen LogP contribution in [-0.2, 0) is 4.79 Å². The third-order valence-corrected chi connectivity index (χ3v) is 6.58. The van der Waals surface area contributed by atoms with Crippen LogP contribution in [0.25, 0.3) is 0 Å². The first-order valence-corrected chi connectivity index (χ1v) is 7.06. The Labute approximate surface area is 96.3 Å². The Morgan fingerprint density at radius 3 is 3.19 bits per heavy atom. The largest absolute Gasteiger partial charge is 0.299 e. The normalized spacial score (nSPS) is 60.4. The van der Waals surface area contributed by atoms with Gasteiger partial charge in [-0.05, 0) is 54.8 Å². The molecule has 0 aromatic rings. The Balaban J connectivity index is 1.74. The van der Waals surface area contributed by atoms with Crippen LogP contribution in [0.1, 0.15) is 38.5 Å². The summed E-state index contributed by atoms with van der Waals surface area (Å²) in [7, 11) is 0. The number of carbonyl (C=O) groups excluding carboxylic acids is 1. The smallest absolute Gasteiger partial charge is 0.137 e. The van der Waals surface area contributed by atoms with Gasteiger partial charge in [0.05, 0.1) is 0 Å². The number of hydrogen-bond acceptors (Lipinski definition) is 1. The lowest BCUT2D eigenvalue weighted by Gasteiger charge is -2.40. The summed E-state index contributed by atoms with van der Waals surface area (Å²) >= 11 is 0. The molecule has 0 amide bonds. The van der Waals surface area contributed by atoms with E-state index in [1.165, 1.54) is 32.1 Å². The zero-order chi connectivity index (χ0) is 10.5. The highest BCUT2D eigenvalue weighted by molar-refractivity contribution is 5.87. The van der Waals surface area contributed by atoms with Crippen molar-refractivity contribution in [3.8, 4) is 0 Å². The summed E-state index contributed by atoms with van der Waals surface area (Å²) in [5.74, 6) is 4.32. The third-order valence-electron chi connectivity index (χ3n) is 6.58. The van der Waals surface area contributed by atoms with Crippen molar-refractivity contribution in [2.75, 3.05) is 0 Å². The molecular weight excluding hydrogens is 196 g/mol. The molecule has 0 aromatic heterocycles. The fourth-order valence-corrected chi connectivity index (χ4v) is 6.23. The van der Waals surface area contributed by atoms with Crippen LogP contribution in [0, 0.1) is 35.0 Å². The first-order chi connectivity index (χ1) is 7.82. The number of carbonyl (C=O) groups is 1. The van der Waals surface area contributed by atoms with Crippen LogP contribution in [0.5, 0.6) is 0 Å². The molecule has 1 nitrogen and oxygen atoms in total. The minimum Gasteiger partial charge on any atom is -0.299 e. The summed E-state index contributed by atoms with van der Waals surface area (Å²) in [6.45, 7) is 0. The van der Waals surface area contributed by atoms with E-state index in [4.69, 9.17) is 0 Å². The highest BCUT2D eigenvalue weighted by Crippen LogP contribution is 2.79. The standard InChI is InChI=1S/C15H18O/c16-12-6-8-5-9-3-1-2-4-15(9)11(8)7-10-13(12)14(10)15/h5,8,10-11,13-14H,1-4,6-7H2. The first kappa shape index (κ1) is 8.49. The molecule has 5 fully saturated rings. The van der Waals surface area contributed by atoms with E-state index >= 15 is 0 Å². The summed E-state index contributed by atoms with van der Waals surface area (Å²) < 4.78 is 0. The van der Waals surface area contributed by atoms with Crippen LogP contribution in [0.4, 0.5) is 0 Å². The fourth-order valence-electron chi connectivity index (χ4n) is 6.23. The summed E-state index contributed by atoms with van der Waals surface area (Å²) in [6, 6.07) is 0. The zero-order valence-corrected chi connectivity index (χ0v) is 9.61. The van der Waals surface area contributed by atoms with Gasteiger partial charge in [0.25, 0.3) is 0 Å². The van der Waals surface area contributed by atoms with E-state index in [-0.39, 0.29) is 0 Å². The molecule has 0 radical (unpaired) electrons. The van der Waals surface area contributed by atoms with Crippen molar-refractivity contribution in [3.63, 3.8) is 0 Å². The summed E-state index contributed by atoms with van der Waals surface area (Å²) in [6.07, 6.45) is 10.4. The van der Waals surface area contributed by atoms with Crippen LogP contribution >= 0.6 is 0 Å². The van der Waals surface area contributed by atoms with Gasteiger partial charge in [-0.2, -0.15) is 0 Å². The molecule has 1 heteroatoms. The average molecular weight is 214 g/mol. The van der Waals surface area contributed by atoms with E-state index in [0.717, 1.165) is 24.2 Å². The van der Waals surface area contributed by atoms with E-state index < -0.39 is 0 Å². The first-order valence-electron chi connectivity index (χ1n) is 7.06. The van der Waals surface area contributed by atoms with Gasteiger partial charge in [0.2, 0.25) is 0 Å². The molecule has 6 aliphatic carbocycles. The summed E-state index contributed by atoms with van der Waals surface area (Å²) in [5.41, 5.74) is 2.36. The van der Waals surface area contributed by atoms with Gasteiger partial charge in [0.15, 0.2) is 0 Å². The number of fused-ring (bicyclic) bond motifs is 1. The maximum atomic E-state index is 12.1. The lowest BCUT2D eigenvalue weighted by atomic mass is 9.64. The monoisotopic (exact) mass is 214 g/mol. The zero-order valence-electron chi connectivity index (χ0n) is 9.61. The maximum Gasteiger partial charge on any atom is 0.137 e. The van der Waals surface area contributed by atoms with Crippen LogP contribution in [0.2, 0.25) is 0 Å². The van der Waals surface area contributed by atoms with E-state index in [9.17, 15) is 4.79 Å². The molecule has 6 atom stereocenters. The lowest BCUT2D eigenvalue weighted by molar-refractivity contribution is -0.121. The molecule has 84 valence electrons. The van der Waals surface area contributed by atoms with Crippen molar-refractivity contribution in [2.24, 2.45) is 35.0 Å². The molecule has 6 bridgehead atoms. The molecule has 16 heavy (non-hydrogen) atoms. The van der Waals surface area contributed by atoms with Crippen molar-refractivity contribution in [1.29, 1.82) is 0 Å². The Morgan fingerprint density at radius 1 is 1.31 bits per heavy atom. The summed E-state index contributed by atoms with van der Waals surface area (Å²) in [4.78, 5) is 12.1. The molecule has 0 aliphatic heterocycles. The molecule has 1 spiro atoms. The van der Waals surface area contributed by atoms with Crippen molar-refractivity contribution in [3.05, 3.63) is 11.6 Å². The number of hydrogen-bond donors (Lipinski definition) is 0. The molecule has 6 rings (SSSR count). The maximum absolute atomic E-state index is 12.1. The Bertz CT molecular complexity index is 435. The van der Waals surface area contributed by atoms with Gasteiger partial charge >= 0.3 is 0 Å². The number of ketones is 1. The van der Waals surface area contributed by atoms with Gasteiger partial charge < -0.3 is 0 Å². The van der Waals surface area contributed by atoms with E-state index in [0.29, 0.717) is 23.0 Å². The molecule has 6 aliphatic rings. The fraction of sp³-hybridized carbons (Fsp3) is 0.800. The van der Waals surface area contributed by atoms with Crippen LogP contribution in [0.15, 0.2) is 11.6 Å². The molecule has 0 saturated heterocycles. The van der Waals surface area contributed by atoms with Gasteiger partial charge in [0, 0.05) is 12.3 Å². The van der Waals surface area contributed by atoms with Gasteiger partial charge in [-0.25, -0.2) is 0 Å². The Kier molecular flexibility index (Phi) is 1.23. The quantitative estimate of drug-likeness (QED) is 0.567. The number of rotatable bonds is 0. The van der Waals surface area contributed by atoms with Crippen molar-refractivity contribution in [2.45, 2.75) is 38.5 Å². The predicted molar refractivity (Wildman–Crippen MR) is 60.7 cm³/mol. The predicted octanol–water partition coefficient (Wildman–Crippen LogP) is 2.96. The SMILES string of the molecule is O=C1CC2C=C3CCCCC34C2CC2C1C24. The van der Waals surface area contributed by atoms with E-state index in [2.05, 4.69) is 6.08 Å². The average Bonchev–Trinajstić information content (AvgIpc) is 2.84. The van der Waals surface area contributed by atoms with Gasteiger partial charge in [-0.3, -0.25) is 4.79 Å². The molecular formula is C15H18O. The van der Waals surface area contributed by atoms with Crippen molar-refractivity contribution >= 4 is 5.78 Å². The van der Waals surface area contributed by atoms with Crippen LogP contribution < -0.4 is 0 Å². The highest BCUT2D eigenvalue weighted by Gasteiger charge is 2.76. The Morgan fingerprint density at radius 2 is 2.25 bits per heavy atom. The third kappa shape index (κ3) is 0.673. The molecule has 5 saturated carbocycles. The lowest BCUT2D eigenvalue weighted by Crippen LogP contribution is -2.32. The van der Waals surface area contributed by atoms with Crippen LogP contribution in [-0.4, -0.2) is 5.78 Å². The second kappa shape index (κ2) is 2.32. The Hall–Kier alpha value is -0.590. The molecule has 0 N–H and O–H groups in total. The van der Waals surface area contributed by atoms with E-state index in [1.54, 1.807) is 5.57 Å². The van der Waals surface area contributed by atoms with Gasteiger partial charge in [0.1, 0.15) is 5.78 Å². The molecule has 6 unspecified atom stereocenters. The van der Waals surface area contributed by atoms with Crippen molar-refractivity contribution in [1.82, 2.24) is 0 Å². The van der Waals surface area contributed by atoms with Crippen molar-refractivity contribution < 1.29 is 4.79 Å². The summed E-state index contributed by atoms with van der Waals surface area (Å²) in [5, 5.41) is 0. The number of allylic oxidation sites excluding steroid dienone is 2. The minimum atomic E-state index is 0.517. The van der Waals surface area contributed by atoms with Gasteiger partial charge in [-0.1, -0.05) is 18.1 Å². The number of Topliss-reactive ketones (excluding diaryl/α,β-unsaturated/α-hetero) is 1.